The number of hydrogen-bond donors (Lipinski definition) is 2. The molecule has 0 radical (unpaired) electrons. The van der Waals surface area contributed by atoms with Crippen LogP contribution in [0.3, 0.4) is 0 Å². The number of nitrogens with one attached hydrogen (secondary N) is 1. The molecule has 6 nitrogen and oxygen atoms in total. The molecule has 0 saturated heterocycles. The zero-order chi connectivity index (χ0) is 15.6. The van der Waals surface area contributed by atoms with Crippen molar-refractivity contribution in [2.75, 3.05) is 6.54 Å². The summed E-state index contributed by atoms with van der Waals surface area (Å²) < 4.78 is 13.4. The summed E-state index contributed by atoms with van der Waals surface area (Å²) in [5, 5.41) is 13.1. The number of aromatic nitrogens is 2. The van der Waals surface area contributed by atoms with E-state index in [0.717, 1.165) is 17.2 Å². The van der Waals surface area contributed by atoms with Gasteiger partial charge in [-0.05, 0) is 37.3 Å². The van der Waals surface area contributed by atoms with E-state index in [1.807, 2.05) is 0 Å². The quantitative estimate of drug-likeness (QED) is 0.751. The normalized spacial score (nSPS) is 13.9. The molecule has 114 valence electrons. The standard InChI is InChI=1S/C15H15N3O3S/c1-15(20,8-11-3-2-6-21-11)9-16-14(19)10-4-5-12-13(7-10)18-22-17-12/h2-7,20H,8-9H2,1H3,(H,16,19)/t15-/m1/s1. The molecule has 0 saturated carbocycles. The van der Waals surface area contributed by atoms with Crippen LogP contribution in [-0.4, -0.2) is 31.9 Å². The van der Waals surface area contributed by atoms with Gasteiger partial charge in [0.05, 0.1) is 23.6 Å². The van der Waals surface area contributed by atoms with Gasteiger partial charge >= 0.3 is 0 Å². The molecule has 3 aromatic rings. The Kier molecular flexibility index (Phi) is 3.91. The summed E-state index contributed by atoms with van der Waals surface area (Å²) >= 11 is 1.11. The van der Waals surface area contributed by atoms with Crippen molar-refractivity contribution in [2.45, 2.75) is 18.9 Å². The summed E-state index contributed by atoms with van der Waals surface area (Å²) in [6.45, 7) is 1.78. The van der Waals surface area contributed by atoms with Crippen LogP contribution in [0.4, 0.5) is 0 Å². The fourth-order valence-electron chi connectivity index (χ4n) is 2.15. The number of hydrogen-bond acceptors (Lipinski definition) is 6. The predicted molar refractivity (Wildman–Crippen MR) is 82.8 cm³/mol. The van der Waals surface area contributed by atoms with Gasteiger partial charge in [0.1, 0.15) is 16.8 Å². The third kappa shape index (κ3) is 3.32. The first-order chi connectivity index (χ1) is 10.5. The van der Waals surface area contributed by atoms with Crippen LogP contribution in [0.5, 0.6) is 0 Å². The van der Waals surface area contributed by atoms with Crippen LogP contribution in [0.25, 0.3) is 11.0 Å². The second-order valence-electron chi connectivity index (χ2n) is 5.40. The molecule has 2 N–H and O–H groups in total. The molecule has 0 fully saturated rings. The van der Waals surface area contributed by atoms with E-state index in [9.17, 15) is 9.90 Å². The van der Waals surface area contributed by atoms with Crippen molar-refractivity contribution in [1.29, 1.82) is 0 Å². The SMILES string of the molecule is C[C@](O)(CNC(=O)c1ccc2nsnc2c1)Cc1ccco1. The lowest BCUT2D eigenvalue weighted by Crippen LogP contribution is -2.42. The van der Waals surface area contributed by atoms with Gasteiger partial charge in [-0.25, -0.2) is 0 Å². The first-order valence-electron chi connectivity index (χ1n) is 6.79. The summed E-state index contributed by atoms with van der Waals surface area (Å²) in [6, 6.07) is 8.70. The molecule has 1 aromatic carbocycles. The lowest BCUT2D eigenvalue weighted by Gasteiger charge is -2.22. The highest BCUT2D eigenvalue weighted by molar-refractivity contribution is 7.00. The summed E-state index contributed by atoms with van der Waals surface area (Å²) in [5.41, 5.74) is 0.875. The highest BCUT2D eigenvalue weighted by Gasteiger charge is 2.23. The van der Waals surface area contributed by atoms with Gasteiger partial charge in [-0.15, -0.1) is 0 Å². The summed E-state index contributed by atoms with van der Waals surface area (Å²) in [4.78, 5) is 12.2. The average molecular weight is 317 g/mol. The molecule has 0 unspecified atom stereocenters. The number of amides is 1. The van der Waals surface area contributed by atoms with Crippen molar-refractivity contribution in [3.05, 3.63) is 47.9 Å². The van der Waals surface area contributed by atoms with Gasteiger partial charge in [-0.2, -0.15) is 8.75 Å². The van der Waals surface area contributed by atoms with Gasteiger partial charge in [-0.1, -0.05) is 0 Å². The molecule has 0 aliphatic carbocycles. The maximum atomic E-state index is 12.2. The van der Waals surface area contributed by atoms with Gasteiger partial charge in [0.25, 0.3) is 5.91 Å². The van der Waals surface area contributed by atoms with Crippen LogP contribution in [0.2, 0.25) is 0 Å². The number of nitrogens with zero attached hydrogens (tertiary/aromatic N) is 2. The topological polar surface area (TPSA) is 88.2 Å². The van der Waals surface area contributed by atoms with Crippen LogP contribution in [-0.2, 0) is 6.42 Å². The third-order valence-corrected chi connectivity index (χ3v) is 3.84. The zero-order valence-electron chi connectivity index (χ0n) is 11.9. The van der Waals surface area contributed by atoms with Crippen LogP contribution >= 0.6 is 11.7 Å². The number of benzene rings is 1. The maximum absolute atomic E-state index is 12.2. The smallest absolute Gasteiger partial charge is 0.251 e. The Hall–Kier alpha value is -2.25. The fraction of sp³-hybridized carbons (Fsp3) is 0.267. The van der Waals surface area contributed by atoms with E-state index < -0.39 is 5.60 Å². The Labute approximate surface area is 131 Å². The lowest BCUT2D eigenvalue weighted by molar-refractivity contribution is 0.0510. The monoisotopic (exact) mass is 317 g/mol. The first kappa shape index (κ1) is 14.7. The second-order valence-corrected chi connectivity index (χ2v) is 5.93. The molecular formula is C15H15N3O3S. The number of aliphatic hydroxyl groups is 1. The lowest BCUT2D eigenvalue weighted by atomic mass is 10.0. The molecule has 2 aromatic heterocycles. The number of carbonyl (C=O) groups excluding carboxylic acids is 1. The zero-order valence-corrected chi connectivity index (χ0v) is 12.8. The van der Waals surface area contributed by atoms with Crippen LogP contribution < -0.4 is 5.32 Å². The minimum Gasteiger partial charge on any atom is -0.469 e. The summed E-state index contributed by atoms with van der Waals surface area (Å²) in [5.74, 6) is 0.420. The summed E-state index contributed by atoms with van der Waals surface area (Å²) in [6.07, 6.45) is 1.89. The molecule has 3 rings (SSSR count). The summed E-state index contributed by atoms with van der Waals surface area (Å²) in [7, 11) is 0. The van der Waals surface area contributed by atoms with Crippen LogP contribution in [0.15, 0.2) is 41.0 Å². The van der Waals surface area contributed by atoms with E-state index in [1.165, 1.54) is 0 Å². The Morgan fingerprint density at radius 3 is 2.95 bits per heavy atom. The Morgan fingerprint density at radius 2 is 2.18 bits per heavy atom. The van der Waals surface area contributed by atoms with E-state index in [0.29, 0.717) is 23.3 Å². The Balaban J connectivity index is 1.63. The van der Waals surface area contributed by atoms with Crippen molar-refractivity contribution < 1.29 is 14.3 Å². The number of furan rings is 1. The number of fused-ring (bicyclic) bond motifs is 1. The molecule has 7 heteroatoms. The largest absolute Gasteiger partial charge is 0.469 e. The maximum Gasteiger partial charge on any atom is 0.251 e. The average Bonchev–Trinajstić information content (AvgIpc) is 3.14. The second kappa shape index (κ2) is 5.86. The minimum absolute atomic E-state index is 0.125. The highest BCUT2D eigenvalue weighted by Crippen LogP contribution is 2.15. The third-order valence-electron chi connectivity index (χ3n) is 3.28. The van der Waals surface area contributed by atoms with Crippen LogP contribution in [0, 0.1) is 0 Å². The van der Waals surface area contributed by atoms with E-state index in [2.05, 4.69) is 14.1 Å². The van der Waals surface area contributed by atoms with Gasteiger partial charge in [0, 0.05) is 18.5 Å². The molecule has 1 amide bonds. The minimum atomic E-state index is -1.08. The van der Waals surface area contributed by atoms with Gasteiger partial charge in [0.15, 0.2) is 0 Å². The van der Waals surface area contributed by atoms with E-state index in [1.54, 1.807) is 43.5 Å². The van der Waals surface area contributed by atoms with Crippen LogP contribution in [0.1, 0.15) is 23.0 Å². The first-order valence-corrected chi connectivity index (χ1v) is 7.52. The molecule has 1 atom stereocenters. The highest BCUT2D eigenvalue weighted by atomic mass is 32.1. The van der Waals surface area contributed by atoms with Crippen molar-refractivity contribution in [1.82, 2.24) is 14.1 Å². The van der Waals surface area contributed by atoms with Crippen molar-refractivity contribution in [3.8, 4) is 0 Å². The van der Waals surface area contributed by atoms with Crippen molar-refractivity contribution in [3.63, 3.8) is 0 Å². The van der Waals surface area contributed by atoms with Gasteiger partial charge in [-0.3, -0.25) is 4.79 Å². The molecule has 0 bridgehead atoms. The molecule has 0 spiro atoms. The van der Waals surface area contributed by atoms with E-state index in [-0.39, 0.29) is 12.5 Å². The molecule has 22 heavy (non-hydrogen) atoms. The van der Waals surface area contributed by atoms with E-state index >= 15 is 0 Å². The molecule has 0 aliphatic heterocycles. The van der Waals surface area contributed by atoms with Crippen molar-refractivity contribution >= 4 is 28.7 Å². The Morgan fingerprint density at radius 1 is 1.36 bits per heavy atom. The number of carbonyl (C=O) groups is 1. The predicted octanol–water partition coefficient (Wildman–Crippen LogP) is 2.01. The molecule has 2 heterocycles. The fourth-order valence-corrected chi connectivity index (χ4v) is 2.66. The molecule has 0 aliphatic rings. The number of rotatable bonds is 5. The molecular weight excluding hydrogens is 302 g/mol. The van der Waals surface area contributed by atoms with Gasteiger partial charge < -0.3 is 14.8 Å². The van der Waals surface area contributed by atoms with Crippen molar-refractivity contribution in [2.24, 2.45) is 0 Å². The Bertz CT molecular complexity index is 780. The van der Waals surface area contributed by atoms with E-state index in [4.69, 9.17) is 4.42 Å². The van der Waals surface area contributed by atoms with Gasteiger partial charge in [0.2, 0.25) is 0 Å².